The van der Waals surface area contributed by atoms with Gasteiger partial charge in [-0.3, -0.25) is 0 Å². The first kappa shape index (κ1) is 31.8. The van der Waals surface area contributed by atoms with Gasteiger partial charge < -0.3 is 0 Å². The van der Waals surface area contributed by atoms with Crippen LogP contribution in [0.15, 0.2) is 30.3 Å². The third-order valence-corrected chi connectivity index (χ3v) is 6.72. The van der Waals surface area contributed by atoms with Crippen LogP contribution in [0.25, 0.3) is 43.8 Å². The lowest BCUT2D eigenvalue weighted by molar-refractivity contribution is -0.144. The van der Waals surface area contributed by atoms with Gasteiger partial charge in [0.25, 0.3) is 0 Å². The Kier molecular flexibility index (Phi) is 7.24. The maximum atomic E-state index is 15.4. The van der Waals surface area contributed by atoms with E-state index in [2.05, 4.69) is 0 Å². The molecule has 0 aliphatic heterocycles. The van der Waals surface area contributed by atoms with Gasteiger partial charge in [0.15, 0.2) is 46.5 Å². The van der Waals surface area contributed by atoms with Gasteiger partial charge in [-0.1, -0.05) is 6.07 Å². The molecular weight excluding hydrogens is 659 g/mol. The van der Waals surface area contributed by atoms with E-state index in [0.717, 1.165) is 0 Å². The molecule has 0 bridgehead atoms. The average molecular weight is 664 g/mol. The Labute approximate surface area is 236 Å². The van der Waals surface area contributed by atoms with Crippen LogP contribution in [-0.4, -0.2) is 0 Å². The molecule has 0 saturated heterocycles. The van der Waals surface area contributed by atoms with E-state index in [-0.39, 0.29) is 18.2 Å². The summed E-state index contributed by atoms with van der Waals surface area (Å²) in [6, 6.07) is 1.02. The first-order chi connectivity index (χ1) is 20.7. The first-order valence-corrected chi connectivity index (χ1v) is 11.6. The number of alkyl halides is 6. The Morgan fingerprint density at radius 3 is 1.02 bits per heavy atom. The molecule has 0 aromatic heterocycles. The summed E-state index contributed by atoms with van der Waals surface area (Å²) in [5.74, 6) is -29.3. The highest BCUT2D eigenvalue weighted by Crippen LogP contribution is 2.50. The van der Waals surface area contributed by atoms with Crippen LogP contribution >= 0.6 is 0 Å². The molecule has 0 saturated carbocycles. The van der Waals surface area contributed by atoms with E-state index < -0.39 is 131 Å². The summed E-state index contributed by atoms with van der Waals surface area (Å²) in [5, 5.41) is -5.84. The van der Waals surface area contributed by atoms with Crippen molar-refractivity contribution in [2.75, 3.05) is 0 Å². The second-order valence-corrected chi connectivity index (χ2v) is 9.23. The van der Waals surface area contributed by atoms with Gasteiger partial charge in [0.1, 0.15) is 28.6 Å². The molecule has 0 fully saturated rings. The molecule has 5 aromatic rings. The molecule has 0 radical (unpaired) electrons. The third-order valence-electron chi connectivity index (χ3n) is 6.72. The SMILES string of the molecule is Fc1ccc2c(-c3c(F)c(F)c(C(F)(F)F)c(F)c3F)c3c(F)ccc(F)c3c(-c3c(F)c(F)c(C(F)(F)F)c(F)c3F)c2c1. The van der Waals surface area contributed by atoms with Crippen molar-refractivity contribution >= 4 is 21.5 Å². The minimum atomic E-state index is -6.07. The zero-order chi connectivity index (χ0) is 33.7. The Morgan fingerprint density at radius 1 is 0.356 bits per heavy atom. The van der Waals surface area contributed by atoms with Gasteiger partial charge in [0.05, 0.1) is 11.1 Å². The van der Waals surface area contributed by atoms with Crippen LogP contribution in [-0.2, 0) is 12.4 Å². The van der Waals surface area contributed by atoms with Gasteiger partial charge in [-0.05, 0) is 35.0 Å². The highest BCUT2D eigenvalue weighted by molar-refractivity contribution is 6.22. The molecule has 0 heterocycles. The standard InChI is InChI=1S/C28H5F17/c29-6-1-2-7-8(5-6)12(16-21(34)25(38)18(28(43,44)45)26(39)22(16)35)14-10(31)4-3-9(30)13(14)11(7)15-19(32)23(36)17(27(40,41)42)24(37)20(15)33/h1-5H. The van der Waals surface area contributed by atoms with Gasteiger partial charge in [0, 0.05) is 21.9 Å². The van der Waals surface area contributed by atoms with E-state index in [1.54, 1.807) is 0 Å². The van der Waals surface area contributed by atoms with Crippen LogP contribution in [0.2, 0.25) is 0 Å². The number of halogens is 17. The van der Waals surface area contributed by atoms with Crippen LogP contribution in [0.1, 0.15) is 11.1 Å². The molecule has 45 heavy (non-hydrogen) atoms. The van der Waals surface area contributed by atoms with Crippen LogP contribution in [0, 0.1) is 64.0 Å². The van der Waals surface area contributed by atoms with Crippen molar-refractivity contribution in [1.29, 1.82) is 0 Å². The molecule has 0 amide bonds. The molecule has 0 spiro atoms. The second kappa shape index (κ2) is 10.2. The smallest absolute Gasteiger partial charge is 0.207 e. The molecule has 0 aliphatic rings. The molecular formula is C28H5F17. The lowest BCUT2D eigenvalue weighted by atomic mass is 9.84. The summed E-state index contributed by atoms with van der Waals surface area (Å²) in [6.45, 7) is 0. The van der Waals surface area contributed by atoms with Gasteiger partial charge in [0.2, 0.25) is 0 Å². The zero-order valence-electron chi connectivity index (χ0n) is 20.8. The summed E-state index contributed by atoms with van der Waals surface area (Å²) in [6.07, 6.45) is -12.1. The van der Waals surface area contributed by atoms with Crippen LogP contribution in [0.3, 0.4) is 0 Å². The van der Waals surface area contributed by atoms with Gasteiger partial charge in [-0.15, -0.1) is 0 Å². The normalized spacial score (nSPS) is 12.6. The number of benzene rings is 5. The van der Waals surface area contributed by atoms with E-state index in [4.69, 9.17) is 0 Å². The summed E-state index contributed by atoms with van der Waals surface area (Å²) >= 11 is 0. The fraction of sp³-hybridized carbons (Fsp3) is 0.0714. The maximum absolute atomic E-state index is 15.4. The average Bonchev–Trinajstić information content (AvgIpc) is 2.92. The highest BCUT2D eigenvalue weighted by Gasteiger charge is 2.45. The monoisotopic (exact) mass is 664 g/mol. The molecule has 236 valence electrons. The topological polar surface area (TPSA) is 0 Å². The van der Waals surface area contributed by atoms with Gasteiger partial charge >= 0.3 is 12.4 Å². The fourth-order valence-corrected chi connectivity index (χ4v) is 4.97. The van der Waals surface area contributed by atoms with E-state index in [0.29, 0.717) is 12.1 Å². The summed E-state index contributed by atoms with van der Waals surface area (Å²) < 4.78 is 244. The molecule has 0 nitrogen and oxygen atoms in total. The number of hydrogen-bond acceptors (Lipinski definition) is 0. The number of hydrogen-bond donors (Lipinski definition) is 0. The van der Waals surface area contributed by atoms with Gasteiger partial charge in [-0.25, -0.2) is 48.3 Å². The van der Waals surface area contributed by atoms with Crippen molar-refractivity contribution in [2.45, 2.75) is 12.4 Å². The minimum Gasteiger partial charge on any atom is -0.207 e. The molecule has 5 aromatic carbocycles. The molecule has 0 aliphatic carbocycles. The third kappa shape index (κ3) is 4.61. The quantitative estimate of drug-likeness (QED) is 0.100. The molecule has 5 rings (SSSR count). The molecule has 0 atom stereocenters. The van der Waals surface area contributed by atoms with E-state index >= 15 is 26.3 Å². The Balaban J connectivity index is 2.13. The zero-order valence-corrected chi connectivity index (χ0v) is 20.8. The lowest BCUT2D eigenvalue weighted by Gasteiger charge is -2.22. The van der Waals surface area contributed by atoms with E-state index in [1.807, 2.05) is 0 Å². The first-order valence-electron chi connectivity index (χ1n) is 11.6. The van der Waals surface area contributed by atoms with Crippen molar-refractivity contribution in [2.24, 2.45) is 0 Å². The number of rotatable bonds is 2. The van der Waals surface area contributed by atoms with Crippen molar-refractivity contribution in [1.82, 2.24) is 0 Å². The summed E-state index contributed by atoms with van der Waals surface area (Å²) in [4.78, 5) is 0. The Hall–Kier alpha value is -4.57. The van der Waals surface area contributed by atoms with Crippen LogP contribution in [0.5, 0.6) is 0 Å². The van der Waals surface area contributed by atoms with E-state index in [9.17, 15) is 48.3 Å². The molecule has 17 heteroatoms. The summed E-state index contributed by atoms with van der Waals surface area (Å²) in [7, 11) is 0. The Bertz CT molecular complexity index is 2030. The number of fused-ring (bicyclic) bond motifs is 2. The highest BCUT2D eigenvalue weighted by atomic mass is 19.4. The van der Waals surface area contributed by atoms with Crippen molar-refractivity contribution < 1.29 is 74.6 Å². The summed E-state index contributed by atoms with van der Waals surface area (Å²) in [5.41, 5.74) is -13.8. The van der Waals surface area contributed by atoms with E-state index in [1.165, 1.54) is 0 Å². The minimum absolute atomic E-state index is 0.0942. The predicted octanol–water partition coefficient (Wildman–Crippen LogP) is 10.9. The maximum Gasteiger partial charge on any atom is 0.422 e. The van der Waals surface area contributed by atoms with Crippen LogP contribution in [0.4, 0.5) is 74.6 Å². The van der Waals surface area contributed by atoms with Crippen molar-refractivity contribution in [3.8, 4) is 22.3 Å². The van der Waals surface area contributed by atoms with Crippen molar-refractivity contribution in [3.05, 3.63) is 105 Å². The fourth-order valence-electron chi connectivity index (χ4n) is 4.97. The van der Waals surface area contributed by atoms with Crippen LogP contribution < -0.4 is 0 Å². The van der Waals surface area contributed by atoms with Gasteiger partial charge in [-0.2, -0.15) is 26.3 Å². The molecule has 0 unspecified atom stereocenters. The lowest BCUT2D eigenvalue weighted by Crippen LogP contribution is -2.17. The second-order valence-electron chi connectivity index (χ2n) is 9.23. The van der Waals surface area contributed by atoms with Crippen molar-refractivity contribution in [3.63, 3.8) is 0 Å². The largest absolute Gasteiger partial charge is 0.422 e. The molecule has 0 N–H and O–H groups in total. The Morgan fingerprint density at radius 2 is 0.689 bits per heavy atom. The predicted molar refractivity (Wildman–Crippen MR) is 122 cm³/mol.